The van der Waals surface area contributed by atoms with Gasteiger partial charge in [-0.15, -0.1) is 24.0 Å². The zero-order valence-electron chi connectivity index (χ0n) is 15.2. The third-order valence-electron chi connectivity index (χ3n) is 2.71. The number of anilines is 1. The van der Waals surface area contributed by atoms with Crippen molar-refractivity contribution in [3.63, 3.8) is 0 Å². The summed E-state index contributed by atoms with van der Waals surface area (Å²) in [6, 6.07) is 9.18. The van der Waals surface area contributed by atoms with E-state index in [4.69, 9.17) is 0 Å². The highest BCUT2D eigenvalue weighted by Crippen LogP contribution is 2.04. The van der Waals surface area contributed by atoms with E-state index in [1.54, 1.807) is 0 Å². The Morgan fingerprint density at radius 1 is 1.04 bits per heavy atom. The highest BCUT2D eigenvalue weighted by atomic mass is 127. The van der Waals surface area contributed by atoms with E-state index in [0.717, 1.165) is 5.69 Å². The maximum absolute atomic E-state index is 11.9. The summed E-state index contributed by atoms with van der Waals surface area (Å²) in [6.07, 6.45) is 0. The molecule has 1 rings (SSSR count). The molecule has 0 spiro atoms. The average Bonchev–Trinajstić information content (AvgIpc) is 2.49. The van der Waals surface area contributed by atoms with Crippen LogP contribution in [0.25, 0.3) is 0 Å². The molecule has 8 heteroatoms. The molecule has 0 saturated heterocycles. The van der Waals surface area contributed by atoms with Crippen molar-refractivity contribution in [1.82, 2.24) is 16.0 Å². The van der Waals surface area contributed by atoms with Crippen molar-refractivity contribution >= 4 is 47.4 Å². The lowest BCUT2D eigenvalue weighted by Gasteiger charge is -2.21. The van der Waals surface area contributed by atoms with Crippen molar-refractivity contribution in [1.29, 1.82) is 0 Å². The minimum Gasteiger partial charge on any atom is -0.357 e. The van der Waals surface area contributed by atoms with Crippen LogP contribution in [0.3, 0.4) is 0 Å². The summed E-state index contributed by atoms with van der Waals surface area (Å²) in [5, 5.41) is 11.5. The van der Waals surface area contributed by atoms with Gasteiger partial charge in [0.1, 0.15) is 6.54 Å². The van der Waals surface area contributed by atoms with Crippen LogP contribution in [0.4, 0.5) is 5.69 Å². The van der Waals surface area contributed by atoms with E-state index in [9.17, 15) is 9.59 Å². The first-order valence-corrected chi connectivity index (χ1v) is 7.98. The highest BCUT2D eigenvalue weighted by Gasteiger charge is 2.13. The van der Waals surface area contributed by atoms with E-state index in [1.165, 1.54) is 0 Å². The first-order chi connectivity index (χ1) is 11.3. The molecular formula is C17H28IN5O2. The molecule has 0 fully saturated rings. The van der Waals surface area contributed by atoms with Gasteiger partial charge in [0.25, 0.3) is 0 Å². The van der Waals surface area contributed by atoms with Gasteiger partial charge in [0, 0.05) is 17.8 Å². The number of nitrogens with zero attached hydrogens (tertiary/aromatic N) is 1. The SMILES string of the molecule is CCNC(=NCC(=O)Nc1ccccc1)NCC(=O)NC(C)(C)C.I. The van der Waals surface area contributed by atoms with E-state index in [0.29, 0.717) is 12.5 Å². The molecule has 0 radical (unpaired) electrons. The Morgan fingerprint density at radius 3 is 2.24 bits per heavy atom. The summed E-state index contributed by atoms with van der Waals surface area (Å²) in [5.41, 5.74) is 0.435. The number of halogens is 1. The fourth-order valence-corrected chi connectivity index (χ4v) is 1.84. The number of hydrogen-bond acceptors (Lipinski definition) is 3. The molecule has 0 aliphatic carbocycles. The minimum atomic E-state index is -0.288. The third-order valence-corrected chi connectivity index (χ3v) is 2.71. The van der Waals surface area contributed by atoms with E-state index >= 15 is 0 Å². The molecule has 7 nitrogen and oxygen atoms in total. The first-order valence-electron chi connectivity index (χ1n) is 7.98. The van der Waals surface area contributed by atoms with Gasteiger partial charge in [0.2, 0.25) is 11.8 Å². The second kappa shape index (κ2) is 11.7. The Kier molecular flexibility index (Phi) is 10.8. The largest absolute Gasteiger partial charge is 0.357 e. The zero-order chi connectivity index (χ0) is 18.0. The van der Waals surface area contributed by atoms with Crippen LogP contribution >= 0.6 is 24.0 Å². The van der Waals surface area contributed by atoms with Crippen LogP contribution in [0, 0.1) is 0 Å². The Labute approximate surface area is 166 Å². The van der Waals surface area contributed by atoms with Crippen LogP contribution in [0.5, 0.6) is 0 Å². The molecule has 0 bridgehead atoms. The second-order valence-corrected chi connectivity index (χ2v) is 6.26. The number of rotatable bonds is 6. The predicted molar refractivity (Wildman–Crippen MR) is 112 cm³/mol. The van der Waals surface area contributed by atoms with Crippen LogP contribution in [0.1, 0.15) is 27.7 Å². The number of nitrogens with one attached hydrogen (secondary N) is 4. The van der Waals surface area contributed by atoms with Crippen LogP contribution in [0.2, 0.25) is 0 Å². The summed E-state index contributed by atoms with van der Waals surface area (Å²) in [5.74, 6) is 0.0594. The molecule has 0 atom stereocenters. The molecule has 0 unspecified atom stereocenters. The summed E-state index contributed by atoms with van der Waals surface area (Å²) in [6.45, 7) is 8.34. The predicted octanol–water partition coefficient (Wildman–Crippen LogP) is 1.71. The summed E-state index contributed by atoms with van der Waals surface area (Å²) in [4.78, 5) is 27.9. The lowest BCUT2D eigenvalue weighted by atomic mass is 10.1. The second-order valence-electron chi connectivity index (χ2n) is 6.26. The van der Waals surface area contributed by atoms with Gasteiger partial charge in [0.05, 0.1) is 6.54 Å². The van der Waals surface area contributed by atoms with Gasteiger partial charge >= 0.3 is 0 Å². The average molecular weight is 461 g/mol. The lowest BCUT2D eigenvalue weighted by Crippen LogP contribution is -2.48. The number of guanidine groups is 1. The normalized spacial score (nSPS) is 11.1. The summed E-state index contributed by atoms with van der Waals surface area (Å²) in [7, 11) is 0. The number of benzene rings is 1. The molecule has 0 heterocycles. The Bertz CT molecular complexity index is 570. The van der Waals surface area contributed by atoms with Crippen molar-refractivity contribution in [3.8, 4) is 0 Å². The number of para-hydroxylation sites is 1. The van der Waals surface area contributed by atoms with Gasteiger partial charge in [-0.1, -0.05) is 18.2 Å². The molecule has 4 N–H and O–H groups in total. The zero-order valence-corrected chi connectivity index (χ0v) is 17.5. The Morgan fingerprint density at radius 2 is 1.68 bits per heavy atom. The molecule has 0 saturated carbocycles. The molecule has 0 aliphatic heterocycles. The van der Waals surface area contributed by atoms with Gasteiger partial charge in [-0.2, -0.15) is 0 Å². The minimum absolute atomic E-state index is 0. The number of carbonyl (C=O) groups is 2. The molecule has 25 heavy (non-hydrogen) atoms. The van der Waals surface area contributed by atoms with Gasteiger partial charge in [0.15, 0.2) is 5.96 Å². The van der Waals surface area contributed by atoms with Gasteiger partial charge in [-0.25, -0.2) is 4.99 Å². The standard InChI is InChI=1S/C17H27N5O2.HI/c1-5-18-16(20-12-15(24)22-17(2,3)4)19-11-14(23)21-13-9-7-6-8-10-13;/h6-10H,5,11-12H2,1-4H3,(H,21,23)(H,22,24)(H2,18,19,20);1H. The molecule has 140 valence electrons. The first kappa shape index (κ1) is 23.2. The smallest absolute Gasteiger partial charge is 0.246 e. The van der Waals surface area contributed by atoms with E-state index < -0.39 is 0 Å². The molecule has 0 aliphatic rings. The van der Waals surface area contributed by atoms with Gasteiger partial charge in [-0.3, -0.25) is 9.59 Å². The number of aliphatic imine (C=N–C) groups is 1. The van der Waals surface area contributed by atoms with Crippen LogP contribution in [0.15, 0.2) is 35.3 Å². The quantitative estimate of drug-likeness (QED) is 0.295. The molecular weight excluding hydrogens is 433 g/mol. The van der Waals surface area contributed by atoms with Crippen molar-refractivity contribution in [2.75, 3.05) is 25.0 Å². The number of hydrogen-bond donors (Lipinski definition) is 4. The third kappa shape index (κ3) is 11.4. The number of carbonyl (C=O) groups excluding carboxylic acids is 2. The fourth-order valence-electron chi connectivity index (χ4n) is 1.84. The maximum Gasteiger partial charge on any atom is 0.246 e. The summed E-state index contributed by atoms with van der Waals surface area (Å²) >= 11 is 0. The lowest BCUT2D eigenvalue weighted by molar-refractivity contribution is -0.121. The summed E-state index contributed by atoms with van der Waals surface area (Å²) < 4.78 is 0. The van der Waals surface area contributed by atoms with Crippen LogP contribution in [-0.2, 0) is 9.59 Å². The maximum atomic E-state index is 11.9. The molecule has 1 aromatic rings. The van der Waals surface area contributed by atoms with Crippen LogP contribution in [-0.4, -0.2) is 42.9 Å². The Balaban J connectivity index is 0.00000576. The van der Waals surface area contributed by atoms with Crippen molar-refractivity contribution < 1.29 is 9.59 Å². The van der Waals surface area contributed by atoms with E-state index in [-0.39, 0.29) is 54.4 Å². The van der Waals surface area contributed by atoms with Crippen molar-refractivity contribution in [3.05, 3.63) is 30.3 Å². The molecule has 2 amide bonds. The fraction of sp³-hybridized carbons (Fsp3) is 0.471. The molecule has 1 aromatic carbocycles. The van der Waals surface area contributed by atoms with Gasteiger partial charge in [-0.05, 0) is 39.8 Å². The number of amides is 2. The van der Waals surface area contributed by atoms with Crippen molar-refractivity contribution in [2.24, 2.45) is 4.99 Å². The highest BCUT2D eigenvalue weighted by molar-refractivity contribution is 14.0. The topological polar surface area (TPSA) is 94.6 Å². The van der Waals surface area contributed by atoms with Gasteiger partial charge < -0.3 is 21.3 Å². The van der Waals surface area contributed by atoms with Crippen LogP contribution < -0.4 is 21.3 Å². The monoisotopic (exact) mass is 461 g/mol. The van der Waals surface area contributed by atoms with E-state index in [2.05, 4.69) is 26.3 Å². The van der Waals surface area contributed by atoms with Crippen molar-refractivity contribution in [2.45, 2.75) is 33.2 Å². The molecule has 0 aromatic heterocycles. The Hall–Kier alpha value is -1.84. The van der Waals surface area contributed by atoms with E-state index in [1.807, 2.05) is 58.0 Å².